The molecule has 0 spiro atoms. The molecule has 0 radical (unpaired) electrons. The highest BCUT2D eigenvalue weighted by molar-refractivity contribution is 5.62. The van der Waals surface area contributed by atoms with Crippen molar-refractivity contribution in [3.05, 3.63) is 24.3 Å². The fraction of sp³-hybridized carbons (Fsp3) is 0.333. The minimum atomic E-state index is 0.303. The average Bonchev–Trinajstić information content (AvgIpc) is 2.44. The lowest BCUT2D eigenvalue weighted by Crippen LogP contribution is -2.05. The Hall–Kier alpha value is -2.28. The van der Waals surface area contributed by atoms with Gasteiger partial charge in [0, 0.05) is 25.1 Å². The Balaban J connectivity index is 2.41. The molecule has 0 bridgehead atoms. The van der Waals surface area contributed by atoms with Gasteiger partial charge in [-0.25, -0.2) is 19.9 Å². The molecular formula is C12H15N5O2. The van der Waals surface area contributed by atoms with Gasteiger partial charge in [0.05, 0.1) is 7.11 Å². The predicted molar refractivity (Wildman–Crippen MR) is 69.4 cm³/mol. The number of nitrogen functional groups attached to an aromatic ring is 1. The second-order valence-corrected chi connectivity index (χ2v) is 3.65. The molecule has 19 heavy (non-hydrogen) atoms. The summed E-state index contributed by atoms with van der Waals surface area (Å²) in [5, 5.41) is 0. The van der Waals surface area contributed by atoms with Crippen LogP contribution in [-0.4, -0.2) is 33.7 Å². The van der Waals surface area contributed by atoms with Crippen LogP contribution in [-0.2, 0) is 11.3 Å². The van der Waals surface area contributed by atoms with Crippen LogP contribution in [0.25, 0.3) is 11.4 Å². The van der Waals surface area contributed by atoms with Crippen molar-refractivity contribution in [3.63, 3.8) is 0 Å². The van der Waals surface area contributed by atoms with E-state index in [1.165, 1.54) is 7.11 Å². The Kier molecular flexibility index (Phi) is 4.19. The molecule has 100 valence electrons. The molecule has 0 fully saturated rings. The molecule has 7 nitrogen and oxygen atoms in total. The van der Waals surface area contributed by atoms with Gasteiger partial charge in [-0.2, -0.15) is 0 Å². The van der Waals surface area contributed by atoms with Crippen LogP contribution in [0.3, 0.4) is 0 Å². The lowest BCUT2D eigenvalue weighted by atomic mass is 10.3. The van der Waals surface area contributed by atoms with Gasteiger partial charge in [-0.3, -0.25) is 0 Å². The first-order valence-electron chi connectivity index (χ1n) is 5.81. The topological polar surface area (TPSA) is 96.0 Å². The van der Waals surface area contributed by atoms with Gasteiger partial charge in [-0.05, 0) is 6.92 Å². The van der Waals surface area contributed by atoms with Crippen LogP contribution in [0.4, 0.5) is 5.82 Å². The summed E-state index contributed by atoms with van der Waals surface area (Å²) >= 11 is 0. The molecule has 0 saturated carbocycles. The van der Waals surface area contributed by atoms with Gasteiger partial charge in [0.1, 0.15) is 18.1 Å². The number of anilines is 1. The van der Waals surface area contributed by atoms with Gasteiger partial charge in [-0.15, -0.1) is 0 Å². The Morgan fingerprint density at radius 3 is 2.74 bits per heavy atom. The van der Waals surface area contributed by atoms with Gasteiger partial charge < -0.3 is 15.2 Å². The van der Waals surface area contributed by atoms with Crippen LogP contribution in [0.2, 0.25) is 0 Å². The minimum Gasteiger partial charge on any atom is -0.479 e. The second kappa shape index (κ2) is 6.05. The summed E-state index contributed by atoms with van der Waals surface area (Å²) in [5.74, 6) is 1.25. The summed E-state index contributed by atoms with van der Waals surface area (Å²) in [6.07, 6.45) is 3.12. The van der Waals surface area contributed by atoms with Crippen molar-refractivity contribution in [2.24, 2.45) is 0 Å². The maximum Gasteiger partial charge on any atom is 0.241 e. The molecular weight excluding hydrogens is 246 g/mol. The average molecular weight is 261 g/mol. The molecule has 7 heteroatoms. The summed E-state index contributed by atoms with van der Waals surface area (Å²) < 4.78 is 10.4. The normalized spacial score (nSPS) is 10.4. The van der Waals surface area contributed by atoms with Crippen LogP contribution in [0.15, 0.2) is 18.5 Å². The number of hydrogen-bond acceptors (Lipinski definition) is 7. The van der Waals surface area contributed by atoms with E-state index in [4.69, 9.17) is 15.2 Å². The number of aromatic nitrogens is 4. The van der Waals surface area contributed by atoms with E-state index in [1.807, 2.05) is 6.92 Å². The van der Waals surface area contributed by atoms with E-state index in [0.29, 0.717) is 42.1 Å². The summed E-state index contributed by atoms with van der Waals surface area (Å²) in [5.41, 5.74) is 6.85. The van der Waals surface area contributed by atoms with Crippen molar-refractivity contribution in [1.29, 1.82) is 0 Å². The third-order valence-corrected chi connectivity index (χ3v) is 2.33. The number of ether oxygens (including phenoxy) is 2. The van der Waals surface area contributed by atoms with Crippen molar-refractivity contribution in [3.8, 4) is 17.3 Å². The molecule has 0 aromatic carbocycles. The molecule has 0 saturated heterocycles. The minimum absolute atomic E-state index is 0.303. The van der Waals surface area contributed by atoms with Gasteiger partial charge in [-0.1, -0.05) is 0 Å². The maximum atomic E-state index is 5.76. The monoisotopic (exact) mass is 261 g/mol. The van der Waals surface area contributed by atoms with Crippen molar-refractivity contribution < 1.29 is 9.47 Å². The van der Waals surface area contributed by atoms with E-state index in [0.717, 1.165) is 0 Å². The van der Waals surface area contributed by atoms with Crippen molar-refractivity contribution in [1.82, 2.24) is 19.9 Å². The van der Waals surface area contributed by atoms with E-state index in [1.54, 1.807) is 18.5 Å². The number of hydrogen-bond donors (Lipinski definition) is 1. The second-order valence-electron chi connectivity index (χ2n) is 3.65. The van der Waals surface area contributed by atoms with Crippen LogP contribution >= 0.6 is 0 Å². The first-order chi connectivity index (χ1) is 9.24. The zero-order valence-corrected chi connectivity index (χ0v) is 10.8. The van der Waals surface area contributed by atoms with E-state index >= 15 is 0 Å². The summed E-state index contributed by atoms with van der Waals surface area (Å²) in [6, 6.07) is 1.63. The number of nitrogens with two attached hydrogens (primary N) is 1. The molecule has 2 heterocycles. The first kappa shape index (κ1) is 13.2. The number of nitrogens with zero attached hydrogens (tertiary/aromatic N) is 4. The Labute approximate surface area is 110 Å². The SMILES string of the molecule is CCOCc1nc(N)cc(-c2nccnc2OC)n1. The highest BCUT2D eigenvalue weighted by Crippen LogP contribution is 2.24. The summed E-state index contributed by atoms with van der Waals surface area (Å²) in [4.78, 5) is 16.7. The Bertz CT molecular complexity index is 562. The van der Waals surface area contributed by atoms with Gasteiger partial charge in [0.25, 0.3) is 0 Å². The summed E-state index contributed by atoms with van der Waals surface area (Å²) in [7, 11) is 1.53. The lowest BCUT2D eigenvalue weighted by molar-refractivity contribution is 0.128. The molecule has 0 unspecified atom stereocenters. The largest absolute Gasteiger partial charge is 0.479 e. The third kappa shape index (κ3) is 3.14. The van der Waals surface area contributed by atoms with Crippen LogP contribution in [0.5, 0.6) is 5.88 Å². The van der Waals surface area contributed by atoms with E-state index < -0.39 is 0 Å². The Morgan fingerprint density at radius 2 is 2.00 bits per heavy atom. The quantitative estimate of drug-likeness (QED) is 0.859. The van der Waals surface area contributed by atoms with Gasteiger partial charge in [0.2, 0.25) is 5.88 Å². The standard InChI is InChI=1S/C12H15N5O2/c1-3-19-7-10-16-8(6-9(13)17-10)11-12(18-2)15-5-4-14-11/h4-6H,3,7H2,1-2H3,(H2,13,16,17). The van der Waals surface area contributed by atoms with Crippen molar-refractivity contribution in [2.45, 2.75) is 13.5 Å². The van der Waals surface area contributed by atoms with Crippen molar-refractivity contribution in [2.75, 3.05) is 19.5 Å². The Morgan fingerprint density at radius 1 is 1.21 bits per heavy atom. The molecule has 0 aliphatic rings. The highest BCUT2D eigenvalue weighted by Gasteiger charge is 2.12. The third-order valence-electron chi connectivity index (χ3n) is 2.33. The zero-order valence-electron chi connectivity index (χ0n) is 10.8. The lowest BCUT2D eigenvalue weighted by Gasteiger charge is -2.07. The van der Waals surface area contributed by atoms with E-state index in [2.05, 4.69) is 19.9 Å². The maximum absolute atomic E-state index is 5.76. The molecule has 2 N–H and O–H groups in total. The van der Waals surface area contributed by atoms with Gasteiger partial charge in [0.15, 0.2) is 11.5 Å². The number of methoxy groups -OCH3 is 1. The number of rotatable bonds is 5. The highest BCUT2D eigenvalue weighted by atomic mass is 16.5. The molecule has 2 aromatic rings. The zero-order chi connectivity index (χ0) is 13.7. The smallest absolute Gasteiger partial charge is 0.241 e. The fourth-order valence-corrected chi connectivity index (χ4v) is 1.55. The molecule has 0 aliphatic heterocycles. The fourth-order valence-electron chi connectivity index (χ4n) is 1.55. The van der Waals surface area contributed by atoms with E-state index in [9.17, 15) is 0 Å². The molecule has 0 amide bonds. The predicted octanol–water partition coefficient (Wildman–Crippen LogP) is 1.06. The molecule has 0 atom stereocenters. The van der Waals surface area contributed by atoms with Gasteiger partial charge >= 0.3 is 0 Å². The van der Waals surface area contributed by atoms with Crippen LogP contribution < -0.4 is 10.5 Å². The molecule has 0 aliphatic carbocycles. The molecule has 2 aromatic heterocycles. The molecule has 2 rings (SSSR count). The van der Waals surface area contributed by atoms with Crippen molar-refractivity contribution >= 4 is 5.82 Å². The first-order valence-corrected chi connectivity index (χ1v) is 5.81. The van der Waals surface area contributed by atoms with E-state index in [-0.39, 0.29) is 0 Å². The summed E-state index contributed by atoms with van der Waals surface area (Å²) in [6.45, 7) is 2.79. The van der Waals surface area contributed by atoms with Crippen LogP contribution in [0.1, 0.15) is 12.7 Å². The van der Waals surface area contributed by atoms with Crippen LogP contribution in [0, 0.1) is 0 Å².